The van der Waals surface area contributed by atoms with E-state index in [-0.39, 0.29) is 5.91 Å². The second-order valence-electron chi connectivity index (χ2n) is 4.57. The molecule has 1 atom stereocenters. The summed E-state index contributed by atoms with van der Waals surface area (Å²) < 4.78 is 0. The fourth-order valence-electron chi connectivity index (χ4n) is 1.67. The van der Waals surface area contributed by atoms with E-state index in [1.807, 2.05) is 6.92 Å². The summed E-state index contributed by atoms with van der Waals surface area (Å²) >= 11 is 0. The number of carbonyl (C=O) groups is 2. The minimum atomic E-state index is -0.803. The Labute approximate surface area is 102 Å². The molecule has 3 amide bonds. The number of nitrogens with one attached hydrogen (secondary N) is 1. The number of hydrogen-bond donors (Lipinski definition) is 1. The van der Waals surface area contributed by atoms with Crippen molar-refractivity contribution in [3.05, 3.63) is 0 Å². The van der Waals surface area contributed by atoms with Gasteiger partial charge in [0, 0.05) is 6.21 Å². The molecule has 0 aliphatic carbocycles. The van der Waals surface area contributed by atoms with Crippen molar-refractivity contribution in [3.8, 4) is 0 Å². The maximum absolute atomic E-state index is 12.0. The molecule has 96 valence electrons. The third-order valence-electron chi connectivity index (χ3n) is 3.39. The van der Waals surface area contributed by atoms with Gasteiger partial charge in [-0.1, -0.05) is 20.8 Å². The van der Waals surface area contributed by atoms with Crippen molar-refractivity contribution in [2.45, 2.75) is 52.5 Å². The summed E-state index contributed by atoms with van der Waals surface area (Å²) in [5.41, 5.74) is -0.803. The monoisotopic (exact) mass is 239 g/mol. The van der Waals surface area contributed by atoms with Crippen LogP contribution in [0.5, 0.6) is 0 Å². The molecule has 17 heavy (non-hydrogen) atoms. The van der Waals surface area contributed by atoms with Crippen LogP contribution in [0.2, 0.25) is 0 Å². The van der Waals surface area contributed by atoms with Crippen LogP contribution in [0, 0.1) is 5.92 Å². The number of imide groups is 1. The first-order valence-electron chi connectivity index (χ1n) is 6.19. The Morgan fingerprint density at radius 2 is 1.94 bits per heavy atom. The van der Waals surface area contributed by atoms with Gasteiger partial charge in [0.05, 0.1) is 0 Å². The van der Waals surface area contributed by atoms with Crippen LogP contribution < -0.4 is 5.32 Å². The highest BCUT2D eigenvalue weighted by molar-refractivity contribution is 6.06. The van der Waals surface area contributed by atoms with Crippen LogP contribution in [-0.2, 0) is 4.79 Å². The van der Waals surface area contributed by atoms with Gasteiger partial charge in [-0.3, -0.25) is 4.79 Å². The lowest BCUT2D eigenvalue weighted by atomic mass is 10.00. The fourth-order valence-corrected chi connectivity index (χ4v) is 1.67. The second-order valence-corrected chi connectivity index (χ2v) is 4.57. The standard InChI is InChI=1S/C12H21N3O2/c1-5-9(6-2)8-13-15-10(16)12(4,7-3)14-11(15)17/h8-9H,5-7H2,1-4H3,(H,14,17). The summed E-state index contributed by atoms with van der Waals surface area (Å²) in [5.74, 6) is 0.0382. The van der Waals surface area contributed by atoms with E-state index >= 15 is 0 Å². The zero-order chi connectivity index (χ0) is 13.1. The molecule has 5 nitrogen and oxygen atoms in total. The second kappa shape index (κ2) is 5.29. The van der Waals surface area contributed by atoms with E-state index in [4.69, 9.17) is 0 Å². The van der Waals surface area contributed by atoms with Crippen molar-refractivity contribution in [1.29, 1.82) is 0 Å². The quantitative estimate of drug-likeness (QED) is 0.590. The number of urea groups is 1. The Morgan fingerprint density at radius 1 is 1.35 bits per heavy atom. The van der Waals surface area contributed by atoms with E-state index < -0.39 is 11.6 Å². The van der Waals surface area contributed by atoms with E-state index in [1.165, 1.54) is 0 Å². The average molecular weight is 239 g/mol. The van der Waals surface area contributed by atoms with Gasteiger partial charge in [0.1, 0.15) is 5.54 Å². The van der Waals surface area contributed by atoms with Crippen LogP contribution in [0.15, 0.2) is 5.10 Å². The van der Waals surface area contributed by atoms with Gasteiger partial charge in [-0.25, -0.2) is 4.79 Å². The highest BCUT2D eigenvalue weighted by Crippen LogP contribution is 2.21. The molecule has 1 saturated heterocycles. The minimum absolute atomic E-state index is 0.271. The Morgan fingerprint density at radius 3 is 2.35 bits per heavy atom. The molecule has 1 unspecified atom stereocenters. The van der Waals surface area contributed by atoms with Crippen LogP contribution >= 0.6 is 0 Å². The lowest BCUT2D eigenvalue weighted by Gasteiger charge is -2.17. The molecule has 0 aromatic rings. The van der Waals surface area contributed by atoms with Gasteiger partial charge in [-0.15, -0.1) is 5.01 Å². The van der Waals surface area contributed by atoms with Gasteiger partial charge in [-0.05, 0) is 32.1 Å². The van der Waals surface area contributed by atoms with Crippen molar-refractivity contribution in [2.75, 3.05) is 0 Å². The molecule has 0 saturated carbocycles. The maximum Gasteiger partial charge on any atom is 0.346 e. The van der Waals surface area contributed by atoms with Crippen LogP contribution in [0.4, 0.5) is 4.79 Å². The van der Waals surface area contributed by atoms with Crippen LogP contribution in [0.3, 0.4) is 0 Å². The highest BCUT2D eigenvalue weighted by Gasteiger charge is 2.46. The SMILES string of the molecule is CCC(C=NN1C(=O)NC(C)(CC)C1=O)CC. The molecular weight excluding hydrogens is 218 g/mol. The van der Waals surface area contributed by atoms with Crippen molar-refractivity contribution >= 4 is 18.2 Å². The Hall–Kier alpha value is -1.39. The number of hydrogen-bond acceptors (Lipinski definition) is 3. The van der Waals surface area contributed by atoms with Gasteiger partial charge in [0.2, 0.25) is 0 Å². The first-order valence-corrected chi connectivity index (χ1v) is 6.19. The molecule has 0 bridgehead atoms. The van der Waals surface area contributed by atoms with Gasteiger partial charge in [-0.2, -0.15) is 5.10 Å². The van der Waals surface area contributed by atoms with Crippen molar-refractivity contribution in [1.82, 2.24) is 10.3 Å². The molecule has 1 N–H and O–H groups in total. The molecule has 5 heteroatoms. The molecular formula is C12H21N3O2. The summed E-state index contributed by atoms with van der Waals surface area (Å²) in [4.78, 5) is 23.6. The maximum atomic E-state index is 12.0. The topological polar surface area (TPSA) is 61.8 Å². The molecule has 1 aliphatic heterocycles. The predicted molar refractivity (Wildman–Crippen MR) is 66.6 cm³/mol. The zero-order valence-electron chi connectivity index (χ0n) is 11.0. The number of nitrogens with zero attached hydrogens (tertiary/aromatic N) is 2. The van der Waals surface area contributed by atoms with E-state index in [0.29, 0.717) is 12.3 Å². The number of rotatable bonds is 5. The fraction of sp³-hybridized carbons (Fsp3) is 0.750. The van der Waals surface area contributed by atoms with Gasteiger partial charge in [0.15, 0.2) is 0 Å². The average Bonchev–Trinajstić information content (AvgIpc) is 2.54. The summed E-state index contributed by atoms with van der Waals surface area (Å²) in [6.07, 6.45) is 4.16. The highest BCUT2D eigenvalue weighted by atomic mass is 16.2. The van der Waals surface area contributed by atoms with Crippen LogP contribution in [0.25, 0.3) is 0 Å². The van der Waals surface area contributed by atoms with E-state index in [9.17, 15) is 9.59 Å². The molecule has 1 aliphatic rings. The van der Waals surface area contributed by atoms with Crippen molar-refractivity contribution in [3.63, 3.8) is 0 Å². The number of carbonyl (C=O) groups excluding carboxylic acids is 2. The van der Waals surface area contributed by atoms with E-state index in [2.05, 4.69) is 24.3 Å². The predicted octanol–water partition coefficient (Wildman–Crippen LogP) is 2.13. The molecule has 0 radical (unpaired) electrons. The lowest BCUT2D eigenvalue weighted by molar-refractivity contribution is -0.130. The number of hydrazone groups is 1. The third kappa shape index (κ3) is 2.65. The first kappa shape index (κ1) is 13.7. The molecule has 0 aromatic carbocycles. The zero-order valence-corrected chi connectivity index (χ0v) is 11.0. The molecule has 1 fully saturated rings. The summed E-state index contributed by atoms with van der Waals surface area (Å²) in [6, 6.07) is -0.429. The summed E-state index contributed by atoms with van der Waals surface area (Å²) in [6.45, 7) is 7.70. The molecule has 0 spiro atoms. The Balaban J connectivity index is 2.79. The largest absolute Gasteiger partial charge is 0.346 e. The van der Waals surface area contributed by atoms with Crippen molar-refractivity contribution < 1.29 is 9.59 Å². The smallest absolute Gasteiger partial charge is 0.322 e. The molecule has 1 rings (SSSR count). The normalized spacial score (nSPS) is 25.1. The van der Waals surface area contributed by atoms with Crippen LogP contribution in [0.1, 0.15) is 47.0 Å². The molecule has 1 heterocycles. The first-order chi connectivity index (χ1) is 7.98. The third-order valence-corrected chi connectivity index (χ3v) is 3.39. The summed E-state index contributed by atoms with van der Waals surface area (Å²) in [5, 5.41) is 7.63. The Bertz CT molecular complexity index is 337. The minimum Gasteiger partial charge on any atom is -0.322 e. The molecule has 0 aromatic heterocycles. The van der Waals surface area contributed by atoms with Gasteiger partial charge in [0.25, 0.3) is 5.91 Å². The summed E-state index contributed by atoms with van der Waals surface area (Å²) in [7, 11) is 0. The van der Waals surface area contributed by atoms with Crippen LogP contribution in [-0.4, -0.2) is 28.7 Å². The van der Waals surface area contributed by atoms with Gasteiger partial charge >= 0.3 is 6.03 Å². The Kier molecular flexibility index (Phi) is 4.26. The lowest BCUT2D eigenvalue weighted by Crippen LogP contribution is -2.42. The van der Waals surface area contributed by atoms with E-state index in [1.54, 1.807) is 13.1 Å². The van der Waals surface area contributed by atoms with E-state index in [0.717, 1.165) is 17.9 Å². The van der Waals surface area contributed by atoms with Gasteiger partial charge < -0.3 is 5.32 Å². The number of amides is 3. The van der Waals surface area contributed by atoms with Crippen molar-refractivity contribution in [2.24, 2.45) is 11.0 Å².